The summed E-state index contributed by atoms with van der Waals surface area (Å²) in [6.07, 6.45) is 3.96. The average Bonchev–Trinajstić information content (AvgIpc) is 3.20. The van der Waals surface area contributed by atoms with E-state index in [1.54, 1.807) is 23.9 Å². The molecule has 0 radical (unpaired) electrons. The van der Waals surface area contributed by atoms with Gasteiger partial charge in [-0.3, -0.25) is 9.59 Å². The molecule has 1 aromatic carbocycles. The van der Waals surface area contributed by atoms with Crippen molar-refractivity contribution in [2.24, 2.45) is 0 Å². The number of hydrogen-bond donors (Lipinski definition) is 2. The Morgan fingerprint density at radius 2 is 1.89 bits per heavy atom. The van der Waals surface area contributed by atoms with Gasteiger partial charge in [-0.1, -0.05) is 30.3 Å². The first kappa shape index (κ1) is 21.1. The van der Waals surface area contributed by atoms with Gasteiger partial charge in [0.25, 0.3) is 5.91 Å². The molecule has 2 atom stereocenters. The van der Waals surface area contributed by atoms with Gasteiger partial charge in [0.05, 0.1) is 12.3 Å². The van der Waals surface area contributed by atoms with E-state index >= 15 is 0 Å². The van der Waals surface area contributed by atoms with Crippen LogP contribution in [0.25, 0.3) is 0 Å². The molecule has 2 amide bonds. The molecule has 146 valence electrons. The Bertz CT molecular complexity index is 705. The Hall–Kier alpha value is -2.25. The molecule has 0 aliphatic carbocycles. The number of thioether (sulfide) groups is 1. The number of carbonyl (C=O) groups excluding carboxylic acids is 2. The Morgan fingerprint density at radius 3 is 2.48 bits per heavy atom. The molecule has 0 unspecified atom stereocenters. The number of nitrogens with one attached hydrogen (secondary N) is 2. The van der Waals surface area contributed by atoms with Crippen molar-refractivity contribution in [3.63, 3.8) is 0 Å². The first-order chi connectivity index (χ1) is 13.0. The van der Waals surface area contributed by atoms with E-state index in [0.29, 0.717) is 13.0 Å². The number of nitrogens with zero attached hydrogens (tertiary/aromatic N) is 1. The third-order valence-electron chi connectivity index (χ3n) is 4.25. The van der Waals surface area contributed by atoms with E-state index in [0.717, 1.165) is 11.3 Å². The largest absolute Gasteiger partial charge is 0.459 e. The van der Waals surface area contributed by atoms with Crippen LogP contribution in [0.4, 0.5) is 0 Å². The van der Waals surface area contributed by atoms with Crippen LogP contribution in [0.15, 0.2) is 53.1 Å². The first-order valence-corrected chi connectivity index (χ1v) is 10.2. The van der Waals surface area contributed by atoms with Crippen molar-refractivity contribution in [2.45, 2.75) is 18.5 Å². The summed E-state index contributed by atoms with van der Waals surface area (Å²) in [7, 11) is 3.96. The molecule has 7 heteroatoms. The van der Waals surface area contributed by atoms with Crippen LogP contribution < -0.4 is 10.6 Å². The number of benzene rings is 1. The number of amides is 2. The van der Waals surface area contributed by atoms with Gasteiger partial charge in [0.2, 0.25) is 5.91 Å². The molecule has 0 aliphatic rings. The zero-order valence-electron chi connectivity index (χ0n) is 16.0. The monoisotopic (exact) mass is 389 g/mol. The molecule has 1 aromatic heterocycles. The fourth-order valence-electron chi connectivity index (χ4n) is 2.74. The van der Waals surface area contributed by atoms with Crippen LogP contribution in [-0.4, -0.2) is 55.4 Å². The summed E-state index contributed by atoms with van der Waals surface area (Å²) in [5.41, 5.74) is 1.13. The number of furan rings is 1. The standard InChI is InChI=1S/C20H27N3O3S/c1-23(2)17(15-8-5-4-6-9-15)14-21-19(24)16(11-13-27-3)22-20(25)18-10-7-12-26-18/h4-10,12,16-17H,11,13-14H2,1-3H3,(H,21,24)(H,22,25)/t16-,17-/m1/s1. The summed E-state index contributed by atoms with van der Waals surface area (Å²) < 4.78 is 5.11. The maximum atomic E-state index is 12.7. The molecule has 27 heavy (non-hydrogen) atoms. The first-order valence-electron chi connectivity index (χ1n) is 8.85. The number of rotatable bonds is 10. The second-order valence-corrected chi connectivity index (χ2v) is 7.41. The van der Waals surface area contributed by atoms with Gasteiger partial charge in [-0.05, 0) is 50.2 Å². The highest BCUT2D eigenvalue weighted by molar-refractivity contribution is 7.98. The van der Waals surface area contributed by atoms with E-state index in [-0.39, 0.29) is 23.6 Å². The van der Waals surface area contributed by atoms with Gasteiger partial charge in [-0.15, -0.1) is 0 Å². The topological polar surface area (TPSA) is 74.6 Å². The van der Waals surface area contributed by atoms with Crippen LogP contribution in [0.2, 0.25) is 0 Å². The molecular weight excluding hydrogens is 362 g/mol. The van der Waals surface area contributed by atoms with Gasteiger partial charge in [-0.2, -0.15) is 11.8 Å². The minimum absolute atomic E-state index is 0.0529. The van der Waals surface area contributed by atoms with E-state index in [9.17, 15) is 9.59 Å². The van der Waals surface area contributed by atoms with Gasteiger partial charge < -0.3 is 20.0 Å². The lowest BCUT2D eigenvalue weighted by atomic mass is 10.1. The summed E-state index contributed by atoms with van der Waals surface area (Å²) in [5, 5.41) is 5.76. The maximum absolute atomic E-state index is 12.7. The average molecular weight is 390 g/mol. The molecule has 0 saturated heterocycles. The third-order valence-corrected chi connectivity index (χ3v) is 4.90. The lowest BCUT2D eigenvalue weighted by molar-refractivity contribution is -0.123. The van der Waals surface area contributed by atoms with E-state index in [1.165, 1.54) is 6.26 Å². The Labute approximate surface area is 164 Å². The summed E-state index contributed by atoms with van der Waals surface area (Å²) in [6.45, 7) is 0.461. The fourth-order valence-corrected chi connectivity index (χ4v) is 3.21. The van der Waals surface area contributed by atoms with Crippen molar-refractivity contribution in [1.82, 2.24) is 15.5 Å². The van der Waals surface area contributed by atoms with Gasteiger partial charge >= 0.3 is 0 Å². The zero-order valence-corrected chi connectivity index (χ0v) is 16.8. The molecule has 0 spiro atoms. The van der Waals surface area contributed by atoms with Crippen LogP contribution in [0.3, 0.4) is 0 Å². The molecule has 0 aliphatic heterocycles. The maximum Gasteiger partial charge on any atom is 0.287 e. The van der Waals surface area contributed by atoms with Crippen LogP contribution in [0.1, 0.15) is 28.6 Å². The van der Waals surface area contributed by atoms with E-state index < -0.39 is 6.04 Å². The molecule has 6 nitrogen and oxygen atoms in total. The van der Waals surface area contributed by atoms with Crippen molar-refractivity contribution in [3.8, 4) is 0 Å². The van der Waals surface area contributed by atoms with Gasteiger partial charge in [0, 0.05) is 6.54 Å². The predicted molar refractivity (Wildman–Crippen MR) is 109 cm³/mol. The predicted octanol–water partition coefficient (Wildman–Crippen LogP) is 2.55. The minimum atomic E-state index is -0.603. The minimum Gasteiger partial charge on any atom is -0.459 e. The smallest absolute Gasteiger partial charge is 0.287 e. The van der Waals surface area contributed by atoms with E-state index in [1.807, 2.05) is 50.7 Å². The normalized spacial score (nSPS) is 13.2. The molecule has 2 N–H and O–H groups in total. The SMILES string of the molecule is CSCC[C@@H](NC(=O)c1ccco1)C(=O)NC[C@H](c1ccccc1)N(C)C. The second kappa shape index (κ2) is 10.8. The lowest BCUT2D eigenvalue weighted by Crippen LogP contribution is -2.48. The summed E-state index contributed by atoms with van der Waals surface area (Å²) in [4.78, 5) is 27.0. The molecule has 0 saturated carbocycles. The molecule has 2 aromatic rings. The quantitative estimate of drug-likeness (QED) is 0.653. The summed E-state index contributed by atoms with van der Waals surface area (Å²) in [6, 6.07) is 12.7. The van der Waals surface area contributed by atoms with Crippen LogP contribution >= 0.6 is 11.8 Å². The highest BCUT2D eigenvalue weighted by atomic mass is 32.2. The number of hydrogen-bond acceptors (Lipinski definition) is 5. The zero-order chi connectivity index (χ0) is 19.6. The van der Waals surface area contributed by atoms with Crippen LogP contribution in [-0.2, 0) is 4.79 Å². The van der Waals surface area contributed by atoms with Crippen molar-refractivity contribution < 1.29 is 14.0 Å². The Morgan fingerprint density at radius 1 is 1.15 bits per heavy atom. The van der Waals surface area contributed by atoms with E-state index in [2.05, 4.69) is 15.5 Å². The summed E-state index contributed by atoms with van der Waals surface area (Å²) in [5.74, 6) is 0.402. The highest BCUT2D eigenvalue weighted by Gasteiger charge is 2.23. The van der Waals surface area contributed by atoms with E-state index in [4.69, 9.17) is 4.42 Å². The molecule has 0 bridgehead atoms. The summed E-state index contributed by atoms with van der Waals surface area (Å²) >= 11 is 1.64. The van der Waals surface area contributed by atoms with Crippen molar-refractivity contribution >= 4 is 23.6 Å². The molecule has 2 rings (SSSR count). The van der Waals surface area contributed by atoms with Crippen molar-refractivity contribution in [3.05, 3.63) is 60.1 Å². The fraction of sp³-hybridized carbons (Fsp3) is 0.400. The molecular formula is C20H27N3O3S. The van der Waals surface area contributed by atoms with Crippen LogP contribution in [0.5, 0.6) is 0 Å². The third kappa shape index (κ3) is 6.45. The van der Waals surface area contributed by atoms with Gasteiger partial charge in [0.1, 0.15) is 6.04 Å². The van der Waals surface area contributed by atoms with Crippen molar-refractivity contribution in [1.29, 1.82) is 0 Å². The number of likely N-dealkylation sites (N-methyl/N-ethyl adjacent to an activating group) is 1. The highest BCUT2D eigenvalue weighted by Crippen LogP contribution is 2.16. The van der Waals surface area contributed by atoms with Crippen molar-refractivity contribution in [2.75, 3.05) is 32.6 Å². The second-order valence-electron chi connectivity index (χ2n) is 6.42. The Kier molecular flexibility index (Phi) is 8.42. The van der Waals surface area contributed by atoms with Crippen LogP contribution in [0, 0.1) is 0 Å². The van der Waals surface area contributed by atoms with Gasteiger partial charge in [0.15, 0.2) is 5.76 Å². The molecule has 0 fully saturated rings. The molecule has 1 heterocycles. The van der Waals surface area contributed by atoms with Gasteiger partial charge in [-0.25, -0.2) is 0 Å². The number of carbonyl (C=O) groups is 2. The Balaban J connectivity index is 2.00. The lowest BCUT2D eigenvalue weighted by Gasteiger charge is -2.26.